The summed E-state index contributed by atoms with van der Waals surface area (Å²) in [5.74, 6) is -0.267. The summed E-state index contributed by atoms with van der Waals surface area (Å²) in [7, 11) is 0. The molecule has 1 heterocycles. The van der Waals surface area contributed by atoms with Gasteiger partial charge in [0.2, 0.25) is 0 Å². The molecule has 3 rings (SSSR count). The summed E-state index contributed by atoms with van der Waals surface area (Å²) in [6.45, 7) is 10.6. The number of benzene rings is 2. The molecule has 0 bridgehead atoms. The normalized spacial score (nSPS) is 14.0. The summed E-state index contributed by atoms with van der Waals surface area (Å²) in [5, 5.41) is 21.1. The molecule has 0 radical (unpaired) electrons. The molecule has 0 spiro atoms. The first-order valence-electron chi connectivity index (χ1n) is 9.22. The number of aromatic hydroxyl groups is 2. The lowest BCUT2D eigenvalue weighted by atomic mass is 9.96. The van der Waals surface area contributed by atoms with Crippen LogP contribution >= 0.6 is 11.6 Å². The maximum Gasteiger partial charge on any atom is 0.348 e. The van der Waals surface area contributed by atoms with Gasteiger partial charge in [0.25, 0.3) is 0 Å². The Morgan fingerprint density at radius 3 is 2.17 bits per heavy atom. The van der Waals surface area contributed by atoms with Crippen molar-refractivity contribution in [2.75, 3.05) is 0 Å². The average Bonchev–Trinajstić information content (AvgIpc) is 2.85. The van der Waals surface area contributed by atoms with Crippen molar-refractivity contribution in [2.45, 2.75) is 41.5 Å². The van der Waals surface area contributed by atoms with Crippen molar-refractivity contribution in [3.05, 3.63) is 51.1 Å². The fourth-order valence-electron chi connectivity index (χ4n) is 3.28. The minimum absolute atomic E-state index is 0.00195. The van der Waals surface area contributed by atoms with E-state index in [0.717, 1.165) is 11.1 Å². The molecule has 0 aromatic heterocycles. The Hall–Kier alpha value is -2.92. The van der Waals surface area contributed by atoms with Crippen molar-refractivity contribution < 1.29 is 24.5 Å². The highest BCUT2D eigenvalue weighted by atomic mass is 35.5. The van der Waals surface area contributed by atoms with Crippen molar-refractivity contribution >= 4 is 28.7 Å². The van der Waals surface area contributed by atoms with Crippen LogP contribution in [0.1, 0.15) is 60.3 Å². The van der Waals surface area contributed by atoms with E-state index in [9.17, 15) is 15.0 Å². The third-order valence-corrected chi connectivity index (χ3v) is 5.71. The zero-order valence-electron chi connectivity index (χ0n) is 17.2. The second kappa shape index (κ2) is 7.48. The Morgan fingerprint density at radius 2 is 1.59 bits per heavy atom. The third kappa shape index (κ3) is 3.15. The molecule has 6 heteroatoms. The number of ether oxygens (including phenoxy) is 2. The fourth-order valence-corrected chi connectivity index (χ4v) is 3.65. The van der Waals surface area contributed by atoms with Crippen LogP contribution in [0.4, 0.5) is 0 Å². The van der Waals surface area contributed by atoms with E-state index in [0.29, 0.717) is 22.3 Å². The Balaban J connectivity index is 2.46. The SMILES string of the molecule is C/C=C(/C)c1cc(O)c(C)c2c1C(=O)Oc1c(C)c(O)c(Cl)c(/C(C)=C\C)c1O2. The fraction of sp³-hybridized carbons (Fsp3) is 0.261. The van der Waals surface area contributed by atoms with Crippen molar-refractivity contribution in [3.63, 3.8) is 0 Å². The van der Waals surface area contributed by atoms with Gasteiger partial charge in [-0.2, -0.15) is 0 Å². The van der Waals surface area contributed by atoms with Gasteiger partial charge >= 0.3 is 5.97 Å². The average molecular weight is 415 g/mol. The van der Waals surface area contributed by atoms with Crippen LogP contribution in [0.3, 0.4) is 0 Å². The van der Waals surface area contributed by atoms with E-state index >= 15 is 0 Å². The number of esters is 1. The molecular weight excluding hydrogens is 392 g/mol. The van der Waals surface area contributed by atoms with Crippen LogP contribution in [0.2, 0.25) is 5.02 Å². The van der Waals surface area contributed by atoms with Crippen LogP contribution in [-0.4, -0.2) is 16.2 Å². The van der Waals surface area contributed by atoms with Gasteiger partial charge in [0.1, 0.15) is 22.8 Å². The maximum absolute atomic E-state index is 13.1. The van der Waals surface area contributed by atoms with E-state index in [4.69, 9.17) is 21.1 Å². The third-order valence-electron chi connectivity index (χ3n) is 5.35. The number of carbonyl (C=O) groups is 1. The molecule has 0 saturated heterocycles. The molecule has 5 nitrogen and oxygen atoms in total. The first-order valence-corrected chi connectivity index (χ1v) is 9.59. The van der Waals surface area contributed by atoms with E-state index in [1.54, 1.807) is 13.8 Å². The summed E-state index contributed by atoms with van der Waals surface area (Å²) in [6, 6.07) is 1.53. The van der Waals surface area contributed by atoms with Gasteiger partial charge in [-0.25, -0.2) is 4.79 Å². The number of rotatable bonds is 2. The van der Waals surface area contributed by atoms with Gasteiger partial charge in [-0.3, -0.25) is 0 Å². The van der Waals surface area contributed by atoms with Gasteiger partial charge < -0.3 is 19.7 Å². The first-order chi connectivity index (χ1) is 13.6. The second-order valence-electron chi connectivity index (χ2n) is 7.03. The van der Waals surface area contributed by atoms with Gasteiger partial charge in [-0.05, 0) is 64.3 Å². The van der Waals surface area contributed by atoms with E-state index in [-0.39, 0.29) is 39.3 Å². The first kappa shape index (κ1) is 20.8. The Kier molecular flexibility index (Phi) is 5.37. The molecule has 29 heavy (non-hydrogen) atoms. The number of halogens is 1. The standard InChI is InChI=1S/C23H23ClO5/c1-7-10(3)14-9-15(25)12(5)20-17(14)23(27)29-21-13(6)19(26)18(24)16(11(4)8-2)22(21)28-20/h7-9,25-26H,1-6H3/b10-7-,11-8-. The van der Waals surface area contributed by atoms with Crippen molar-refractivity contribution in [3.8, 4) is 28.7 Å². The molecular formula is C23H23ClO5. The predicted molar refractivity (Wildman–Crippen MR) is 114 cm³/mol. The van der Waals surface area contributed by atoms with Gasteiger partial charge in [0.15, 0.2) is 11.5 Å². The van der Waals surface area contributed by atoms with Gasteiger partial charge in [-0.15, -0.1) is 0 Å². The van der Waals surface area contributed by atoms with Crippen LogP contribution in [0.25, 0.3) is 11.1 Å². The molecule has 1 aliphatic heterocycles. The zero-order chi connectivity index (χ0) is 21.6. The Bertz CT molecular complexity index is 1110. The second-order valence-corrected chi connectivity index (χ2v) is 7.41. The molecule has 0 fully saturated rings. The number of hydrogen-bond donors (Lipinski definition) is 2. The predicted octanol–water partition coefficient (Wildman–Crippen LogP) is 6.54. The van der Waals surface area contributed by atoms with Crippen LogP contribution in [0.5, 0.6) is 28.7 Å². The summed E-state index contributed by atoms with van der Waals surface area (Å²) < 4.78 is 11.9. The van der Waals surface area contributed by atoms with Crippen molar-refractivity contribution in [1.82, 2.24) is 0 Å². The van der Waals surface area contributed by atoms with Crippen LogP contribution < -0.4 is 9.47 Å². The molecule has 0 amide bonds. The molecule has 0 saturated carbocycles. The van der Waals surface area contributed by atoms with Crippen LogP contribution in [0.15, 0.2) is 18.2 Å². The van der Waals surface area contributed by atoms with E-state index in [1.165, 1.54) is 6.07 Å². The van der Waals surface area contributed by atoms with E-state index < -0.39 is 5.97 Å². The molecule has 0 unspecified atom stereocenters. The van der Waals surface area contributed by atoms with Crippen molar-refractivity contribution in [2.24, 2.45) is 0 Å². The smallest absolute Gasteiger partial charge is 0.348 e. The van der Waals surface area contributed by atoms with Crippen LogP contribution in [0, 0.1) is 13.8 Å². The van der Waals surface area contributed by atoms with E-state index in [2.05, 4.69) is 0 Å². The minimum atomic E-state index is -0.632. The molecule has 2 aromatic rings. The monoisotopic (exact) mass is 414 g/mol. The number of hydrogen-bond acceptors (Lipinski definition) is 5. The Morgan fingerprint density at radius 1 is 0.966 bits per heavy atom. The molecule has 152 valence electrons. The summed E-state index contributed by atoms with van der Waals surface area (Å²) in [4.78, 5) is 13.1. The Labute approximate surface area is 174 Å². The number of allylic oxidation sites excluding steroid dienone is 4. The maximum atomic E-state index is 13.1. The van der Waals surface area contributed by atoms with Gasteiger partial charge in [-0.1, -0.05) is 23.8 Å². The minimum Gasteiger partial charge on any atom is -0.508 e. The zero-order valence-corrected chi connectivity index (χ0v) is 18.0. The number of phenols is 2. The van der Waals surface area contributed by atoms with Crippen LogP contribution in [-0.2, 0) is 0 Å². The quantitative estimate of drug-likeness (QED) is 0.431. The highest BCUT2D eigenvalue weighted by molar-refractivity contribution is 6.34. The number of fused-ring (bicyclic) bond motifs is 2. The molecule has 2 aromatic carbocycles. The lowest BCUT2D eigenvalue weighted by Crippen LogP contribution is -2.11. The topological polar surface area (TPSA) is 76.0 Å². The molecule has 0 aliphatic carbocycles. The summed E-state index contributed by atoms with van der Waals surface area (Å²) in [6.07, 6.45) is 3.65. The summed E-state index contributed by atoms with van der Waals surface area (Å²) in [5.41, 5.74) is 3.38. The summed E-state index contributed by atoms with van der Waals surface area (Å²) >= 11 is 6.43. The van der Waals surface area contributed by atoms with Gasteiger partial charge in [0.05, 0.1) is 5.02 Å². The lowest BCUT2D eigenvalue weighted by molar-refractivity contribution is 0.0735. The molecule has 1 aliphatic rings. The number of phenolic OH excluding ortho intramolecular Hbond substituents is 2. The van der Waals surface area contributed by atoms with Crippen molar-refractivity contribution in [1.29, 1.82) is 0 Å². The lowest BCUT2D eigenvalue weighted by Gasteiger charge is -2.19. The van der Waals surface area contributed by atoms with Gasteiger partial charge in [0, 0.05) is 16.7 Å². The molecule has 2 N–H and O–H groups in total. The van der Waals surface area contributed by atoms with E-state index in [1.807, 2.05) is 39.8 Å². The molecule has 0 atom stereocenters. The highest BCUT2D eigenvalue weighted by Crippen LogP contribution is 2.53. The highest BCUT2D eigenvalue weighted by Gasteiger charge is 2.34. The largest absolute Gasteiger partial charge is 0.508 e. The number of carbonyl (C=O) groups excluding carboxylic acids is 1.